The quantitative estimate of drug-likeness (QED) is 0.344. The van der Waals surface area contributed by atoms with Gasteiger partial charge in [0.05, 0.1) is 12.7 Å². The summed E-state index contributed by atoms with van der Waals surface area (Å²) in [4.78, 5) is 33.0. The van der Waals surface area contributed by atoms with Crippen LogP contribution in [0.3, 0.4) is 0 Å². The summed E-state index contributed by atoms with van der Waals surface area (Å²) in [6, 6.07) is 15.8. The molecule has 0 spiro atoms. The Balaban J connectivity index is 1.43. The molecule has 4 rings (SSSR count). The summed E-state index contributed by atoms with van der Waals surface area (Å²) in [6.45, 7) is 1.36. The molecule has 1 saturated heterocycles. The first-order chi connectivity index (χ1) is 19.0. The predicted molar refractivity (Wildman–Crippen MR) is 148 cm³/mol. The zero-order valence-electron chi connectivity index (χ0n) is 22.3. The number of rotatable bonds is 7. The summed E-state index contributed by atoms with van der Waals surface area (Å²) in [6.07, 6.45) is -3.25. The van der Waals surface area contributed by atoms with Crippen molar-refractivity contribution in [1.29, 1.82) is 0 Å². The average Bonchev–Trinajstić information content (AvgIpc) is 2.92. The molecule has 0 aliphatic carbocycles. The second-order valence-corrected chi connectivity index (χ2v) is 10.2. The fraction of sp³-hybridized carbons (Fsp3) is 0.345. The minimum Gasteiger partial charge on any atom is -0.497 e. The van der Waals surface area contributed by atoms with Crippen LogP contribution in [0.5, 0.6) is 5.75 Å². The summed E-state index contributed by atoms with van der Waals surface area (Å²) in [7, 11) is 4.65. The molecular formula is C29H30ClF3N4O3. The molecule has 1 atom stereocenters. The number of hydrogen-bond donors (Lipinski definition) is 1. The molecule has 3 aromatic rings. The summed E-state index contributed by atoms with van der Waals surface area (Å²) in [5.74, 6) is -2.66. The number of carbonyl (C=O) groups excluding carboxylic acids is 2. The maximum atomic E-state index is 13.9. The van der Waals surface area contributed by atoms with Gasteiger partial charge in [-0.25, -0.2) is 4.98 Å². The number of halogens is 4. The molecule has 1 unspecified atom stereocenters. The molecule has 1 aliphatic rings. The van der Waals surface area contributed by atoms with Crippen molar-refractivity contribution in [3.8, 4) is 5.75 Å². The van der Waals surface area contributed by atoms with Crippen LogP contribution in [0.1, 0.15) is 46.2 Å². The Labute approximate surface area is 235 Å². The highest BCUT2D eigenvalue weighted by atomic mass is 35.5. The van der Waals surface area contributed by atoms with Crippen molar-refractivity contribution in [3.05, 3.63) is 82.5 Å². The Morgan fingerprint density at radius 2 is 1.77 bits per heavy atom. The zero-order valence-corrected chi connectivity index (χ0v) is 23.1. The van der Waals surface area contributed by atoms with Crippen LogP contribution >= 0.6 is 11.6 Å². The highest BCUT2D eigenvalue weighted by molar-refractivity contribution is 6.32. The van der Waals surface area contributed by atoms with Crippen LogP contribution in [-0.2, 0) is 4.79 Å². The molecule has 1 aliphatic heterocycles. The lowest BCUT2D eigenvalue weighted by molar-refractivity contribution is -0.161. The molecule has 2 amide bonds. The van der Waals surface area contributed by atoms with Crippen LogP contribution in [0, 0.1) is 0 Å². The smallest absolute Gasteiger partial charge is 0.404 e. The molecule has 0 radical (unpaired) electrons. The van der Waals surface area contributed by atoms with Gasteiger partial charge in [-0.2, -0.15) is 13.2 Å². The second kappa shape index (κ2) is 12.2. The van der Waals surface area contributed by atoms with Crippen molar-refractivity contribution >= 4 is 34.9 Å². The molecule has 2 heterocycles. The Kier molecular flexibility index (Phi) is 8.88. The van der Waals surface area contributed by atoms with Crippen LogP contribution in [0.2, 0.25) is 5.15 Å². The van der Waals surface area contributed by atoms with E-state index in [4.69, 9.17) is 16.3 Å². The molecule has 212 valence electrons. The van der Waals surface area contributed by atoms with Crippen LogP contribution in [-0.4, -0.2) is 62.2 Å². The molecule has 7 nitrogen and oxygen atoms in total. The van der Waals surface area contributed by atoms with E-state index in [1.807, 2.05) is 6.07 Å². The first-order valence-corrected chi connectivity index (χ1v) is 13.1. The van der Waals surface area contributed by atoms with Gasteiger partial charge in [-0.3, -0.25) is 9.59 Å². The summed E-state index contributed by atoms with van der Waals surface area (Å²) >= 11 is 6.28. The van der Waals surface area contributed by atoms with Crippen LogP contribution < -0.4 is 15.0 Å². The second-order valence-electron chi connectivity index (χ2n) is 9.83. The van der Waals surface area contributed by atoms with Gasteiger partial charge in [-0.1, -0.05) is 35.9 Å². The number of pyridine rings is 1. The van der Waals surface area contributed by atoms with Crippen molar-refractivity contribution in [2.75, 3.05) is 44.5 Å². The van der Waals surface area contributed by atoms with Crippen LogP contribution in [0.15, 0.2) is 60.7 Å². The van der Waals surface area contributed by atoms with Crippen molar-refractivity contribution in [2.24, 2.45) is 0 Å². The number of ether oxygens (including phenoxy) is 1. The van der Waals surface area contributed by atoms with Gasteiger partial charge < -0.3 is 19.9 Å². The highest BCUT2D eigenvalue weighted by Crippen LogP contribution is 2.38. The van der Waals surface area contributed by atoms with Crippen molar-refractivity contribution < 1.29 is 27.5 Å². The van der Waals surface area contributed by atoms with Gasteiger partial charge in [0.25, 0.3) is 5.91 Å². The van der Waals surface area contributed by atoms with E-state index in [-0.39, 0.29) is 28.3 Å². The normalized spacial score (nSPS) is 14.9. The first-order valence-electron chi connectivity index (χ1n) is 12.7. The minimum absolute atomic E-state index is 0.146. The SMILES string of the molecule is COc1cccc(C(C(=O)Nc2cccc(C3CCN(c4ccc(C(=O)N(C)C)c(Cl)n4)CC3)c2)C(F)(F)F)c1. The van der Waals surface area contributed by atoms with Gasteiger partial charge in [0.2, 0.25) is 5.91 Å². The van der Waals surface area contributed by atoms with Gasteiger partial charge >= 0.3 is 6.18 Å². The van der Waals surface area contributed by atoms with Gasteiger partial charge in [-0.15, -0.1) is 0 Å². The van der Waals surface area contributed by atoms with Gasteiger partial charge in [0.1, 0.15) is 16.7 Å². The lowest BCUT2D eigenvalue weighted by Crippen LogP contribution is -2.34. The van der Waals surface area contributed by atoms with Crippen LogP contribution in [0.4, 0.5) is 24.7 Å². The Bertz CT molecular complexity index is 1370. The number of alkyl halides is 3. The number of carbonyl (C=O) groups is 2. The maximum absolute atomic E-state index is 13.9. The molecule has 0 saturated carbocycles. The van der Waals surface area contributed by atoms with E-state index in [1.54, 1.807) is 44.4 Å². The lowest BCUT2D eigenvalue weighted by Gasteiger charge is -2.33. The maximum Gasteiger partial charge on any atom is 0.404 e. The average molecular weight is 575 g/mol. The number of piperidine rings is 1. The van der Waals surface area contributed by atoms with E-state index in [9.17, 15) is 22.8 Å². The third-order valence-electron chi connectivity index (χ3n) is 6.93. The number of methoxy groups -OCH3 is 1. The number of benzene rings is 2. The monoisotopic (exact) mass is 574 g/mol. The molecular weight excluding hydrogens is 545 g/mol. The number of anilines is 2. The number of aromatic nitrogens is 1. The third kappa shape index (κ3) is 6.67. The molecule has 11 heteroatoms. The van der Waals surface area contributed by atoms with E-state index < -0.39 is 18.0 Å². The van der Waals surface area contributed by atoms with E-state index in [0.717, 1.165) is 18.4 Å². The Hall–Kier alpha value is -3.79. The van der Waals surface area contributed by atoms with Crippen molar-refractivity contribution in [2.45, 2.75) is 30.9 Å². The largest absolute Gasteiger partial charge is 0.497 e. The van der Waals surface area contributed by atoms with Gasteiger partial charge in [-0.05, 0) is 66.3 Å². The standard InChI is InChI=1S/C29H30ClF3N4O3/c1-36(2)28(39)23-10-11-24(35-26(23)30)37-14-12-18(13-15-37)19-6-4-8-21(16-19)34-27(38)25(29(31,32)33)20-7-5-9-22(17-20)40-3/h4-11,16-18,25H,12-15H2,1-3H3,(H,34,38). The number of hydrogen-bond acceptors (Lipinski definition) is 5. The molecule has 1 aromatic heterocycles. The molecule has 2 aromatic carbocycles. The van der Waals surface area contributed by atoms with Crippen LogP contribution in [0.25, 0.3) is 0 Å². The van der Waals surface area contributed by atoms with Gasteiger partial charge in [0, 0.05) is 32.9 Å². The fourth-order valence-corrected chi connectivity index (χ4v) is 5.07. The third-order valence-corrected chi connectivity index (χ3v) is 7.22. The summed E-state index contributed by atoms with van der Waals surface area (Å²) < 4.78 is 46.8. The summed E-state index contributed by atoms with van der Waals surface area (Å²) in [5.41, 5.74) is 1.38. The molecule has 1 N–H and O–H groups in total. The van der Waals surface area contributed by atoms with E-state index in [1.165, 1.54) is 36.3 Å². The van der Waals surface area contributed by atoms with E-state index in [2.05, 4.69) is 15.2 Å². The molecule has 0 bridgehead atoms. The Morgan fingerprint density at radius 3 is 2.40 bits per heavy atom. The van der Waals surface area contributed by atoms with Crippen molar-refractivity contribution in [1.82, 2.24) is 9.88 Å². The topological polar surface area (TPSA) is 74.8 Å². The van der Waals surface area contributed by atoms with E-state index in [0.29, 0.717) is 30.2 Å². The van der Waals surface area contributed by atoms with Gasteiger partial charge in [0.15, 0.2) is 5.92 Å². The number of nitrogens with one attached hydrogen (secondary N) is 1. The minimum atomic E-state index is -4.78. The number of nitrogens with zero attached hydrogens (tertiary/aromatic N) is 3. The molecule has 40 heavy (non-hydrogen) atoms. The summed E-state index contributed by atoms with van der Waals surface area (Å²) in [5, 5.41) is 2.61. The zero-order chi connectivity index (χ0) is 29.0. The highest BCUT2D eigenvalue weighted by Gasteiger charge is 2.46. The number of amides is 2. The van der Waals surface area contributed by atoms with Crippen molar-refractivity contribution in [3.63, 3.8) is 0 Å². The van der Waals surface area contributed by atoms with E-state index >= 15 is 0 Å². The fourth-order valence-electron chi connectivity index (χ4n) is 4.84. The molecule has 1 fully saturated rings. The predicted octanol–water partition coefficient (Wildman–Crippen LogP) is 6.11. The first kappa shape index (κ1) is 29.2. The Morgan fingerprint density at radius 1 is 1.07 bits per heavy atom. The lowest BCUT2D eigenvalue weighted by atomic mass is 9.89.